The average molecular weight is 211 g/mol. The van der Waals surface area contributed by atoms with Crippen LogP contribution in [0.1, 0.15) is 19.8 Å². The van der Waals surface area contributed by atoms with Gasteiger partial charge in [0, 0.05) is 0 Å². The highest BCUT2D eigenvalue weighted by Gasteiger charge is 1.96. The van der Waals surface area contributed by atoms with E-state index >= 15 is 0 Å². The van der Waals surface area contributed by atoms with Crippen molar-refractivity contribution in [2.24, 2.45) is 0 Å². The smallest absolute Gasteiger partial charge is 0.138 e. The Morgan fingerprint density at radius 3 is 2.79 bits per heavy atom. The molecule has 1 aromatic rings. The van der Waals surface area contributed by atoms with E-state index in [-0.39, 0.29) is 0 Å². The fraction of sp³-hybridized carbons (Fsp3) is 0.333. The number of para-hydroxylation sites is 1. The van der Waals surface area contributed by atoms with Gasteiger partial charge in [-0.3, -0.25) is 0 Å². The molecule has 0 N–H and O–H groups in total. The van der Waals surface area contributed by atoms with Crippen molar-refractivity contribution in [1.82, 2.24) is 0 Å². The van der Waals surface area contributed by atoms with Crippen molar-refractivity contribution in [3.8, 4) is 5.75 Å². The van der Waals surface area contributed by atoms with E-state index in [1.54, 1.807) is 0 Å². The predicted octanol–water partition coefficient (Wildman–Crippen LogP) is 4.08. The summed E-state index contributed by atoms with van der Waals surface area (Å²) in [5, 5.41) is 0.663. The number of benzene rings is 1. The predicted molar refractivity (Wildman–Crippen MR) is 61.0 cm³/mol. The third kappa shape index (κ3) is 3.84. The summed E-state index contributed by atoms with van der Waals surface area (Å²) < 4.78 is 5.46. The molecule has 0 aliphatic heterocycles. The molecule has 0 unspecified atom stereocenters. The number of rotatable bonds is 5. The summed E-state index contributed by atoms with van der Waals surface area (Å²) in [6.45, 7) is 2.74. The van der Waals surface area contributed by atoms with Gasteiger partial charge in [-0.25, -0.2) is 0 Å². The quantitative estimate of drug-likeness (QED) is 0.666. The standard InChI is InChI=1S/C12H15ClO/c1-2-3-4-7-10-14-12-9-6-5-8-11(12)13/h4-9H,2-3,10H2,1H3. The van der Waals surface area contributed by atoms with Crippen LogP contribution in [0.15, 0.2) is 36.4 Å². The second kappa shape index (κ2) is 6.50. The van der Waals surface area contributed by atoms with E-state index in [2.05, 4.69) is 13.0 Å². The molecule has 1 nitrogen and oxygen atoms in total. The largest absolute Gasteiger partial charge is 0.488 e. The van der Waals surface area contributed by atoms with Gasteiger partial charge in [-0.1, -0.05) is 49.2 Å². The van der Waals surface area contributed by atoms with Gasteiger partial charge >= 0.3 is 0 Å². The number of ether oxygens (including phenoxy) is 1. The molecule has 0 aliphatic carbocycles. The van der Waals surface area contributed by atoms with E-state index in [9.17, 15) is 0 Å². The third-order valence-corrected chi connectivity index (χ3v) is 2.11. The van der Waals surface area contributed by atoms with E-state index in [1.807, 2.05) is 30.3 Å². The van der Waals surface area contributed by atoms with E-state index in [0.717, 1.165) is 12.2 Å². The third-order valence-electron chi connectivity index (χ3n) is 1.79. The second-order valence-electron chi connectivity index (χ2n) is 3.00. The van der Waals surface area contributed by atoms with Gasteiger partial charge in [0.05, 0.1) is 5.02 Å². The first kappa shape index (κ1) is 11.1. The zero-order valence-electron chi connectivity index (χ0n) is 8.37. The molecule has 2 heteroatoms. The lowest BCUT2D eigenvalue weighted by Gasteiger charge is -2.04. The summed E-state index contributed by atoms with van der Waals surface area (Å²) in [5.41, 5.74) is 0. The Hall–Kier alpha value is -0.950. The van der Waals surface area contributed by atoms with Crippen molar-refractivity contribution in [1.29, 1.82) is 0 Å². The molecule has 0 amide bonds. The normalized spacial score (nSPS) is 10.7. The molecule has 0 heterocycles. The number of hydrogen-bond acceptors (Lipinski definition) is 1. The molecule has 0 fully saturated rings. The van der Waals surface area contributed by atoms with Crippen molar-refractivity contribution < 1.29 is 4.74 Å². The summed E-state index contributed by atoms with van der Waals surface area (Å²) in [4.78, 5) is 0. The highest BCUT2D eigenvalue weighted by Crippen LogP contribution is 2.22. The fourth-order valence-electron chi connectivity index (χ4n) is 1.05. The zero-order chi connectivity index (χ0) is 10.2. The van der Waals surface area contributed by atoms with Gasteiger partial charge in [0.25, 0.3) is 0 Å². The summed E-state index contributed by atoms with van der Waals surface area (Å²) in [5.74, 6) is 0.746. The van der Waals surface area contributed by atoms with Gasteiger partial charge in [-0.2, -0.15) is 0 Å². The second-order valence-corrected chi connectivity index (χ2v) is 3.41. The average Bonchev–Trinajstić information content (AvgIpc) is 2.20. The van der Waals surface area contributed by atoms with E-state index in [1.165, 1.54) is 6.42 Å². The Morgan fingerprint density at radius 2 is 2.07 bits per heavy atom. The summed E-state index contributed by atoms with van der Waals surface area (Å²) in [6, 6.07) is 7.50. The number of hydrogen-bond donors (Lipinski definition) is 0. The summed E-state index contributed by atoms with van der Waals surface area (Å²) in [7, 11) is 0. The number of unbranched alkanes of at least 4 members (excludes halogenated alkanes) is 1. The Kier molecular flexibility index (Phi) is 5.16. The van der Waals surface area contributed by atoms with Crippen LogP contribution in [0.25, 0.3) is 0 Å². The molecule has 1 rings (SSSR count). The molecule has 0 aliphatic rings. The molecule has 1 aromatic carbocycles. The molecule has 14 heavy (non-hydrogen) atoms. The van der Waals surface area contributed by atoms with Gasteiger partial charge in [-0.15, -0.1) is 0 Å². The molecular weight excluding hydrogens is 196 g/mol. The van der Waals surface area contributed by atoms with Crippen LogP contribution in [0.3, 0.4) is 0 Å². The number of allylic oxidation sites excluding steroid dienone is 1. The Morgan fingerprint density at radius 1 is 1.29 bits per heavy atom. The fourth-order valence-corrected chi connectivity index (χ4v) is 1.24. The maximum absolute atomic E-state index is 5.92. The lowest BCUT2D eigenvalue weighted by molar-refractivity contribution is 0.362. The molecule has 0 spiro atoms. The first-order valence-corrected chi connectivity index (χ1v) is 5.24. The van der Waals surface area contributed by atoms with Gasteiger partial charge in [0.2, 0.25) is 0 Å². The van der Waals surface area contributed by atoms with Crippen LogP contribution in [0, 0.1) is 0 Å². The molecular formula is C12H15ClO. The summed E-state index contributed by atoms with van der Waals surface area (Å²) >= 11 is 5.92. The molecule has 0 radical (unpaired) electrons. The Bertz CT molecular complexity index is 294. The van der Waals surface area contributed by atoms with Gasteiger partial charge in [0.15, 0.2) is 0 Å². The van der Waals surface area contributed by atoms with Crippen LogP contribution >= 0.6 is 11.6 Å². The summed E-state index contributed by atoms with van der Waals surface area (Å²) in [6.07, 6.45) is 6.41. The van der Waals surface area contributed by atoms with E-state index in [0.29, 0.717) is 11.6 Å². The molecule has 0 saturated heterocycles. The van der Waals surface area contributed by atoms with Crippen molar-refractivity contribution in [2.75, 3.05) is 6.61 Å². The van der Waals surface area contributed by atoms with Gasteiger partial charge < -0.3 is 4.74 Å². The van der Waals surface area contributed by atoms with Crippen LogP contribution in [-0.2, 0) is 0 Å². The van der Waals surface area contributed by atoms with E-state index in [4.69, 9.17) is 16.3 Å². The Balaban J connectivity index is 2.35. The number of halogens is 1. The van der Waals surface area contributed by atoms with Crippen molar-refractivity contribution in [3.05, 3.63) is 41.4 Å². The maximum atomic E-state index is 5.92. The lowest BCUT2D eigenvalue weighted by atomic mass is 10.3. The highest BCUT2D eigenvalue weighted by atomic mass is 35.5. The topological polar surface area (TPSA) is 9.23 Å². The Labute approximate surface area is 90.3 Å². The molecule has 0 atom stereocenters. The van der Waals surface area contributed by atoms with Crippen molar-refractivity contribution in [3.63, 3.8) is 0 Å². The van der Waals surface area contributed by atoms with Gasteiger partial charge in [0.1, 0.15) is 12.4 Å². The minimum absolute atomic E-state index is 0.587. The van der Waals surface area contributed by atoms with Crippen molar-refractivity contribution in [2.45, 2.75) is 19.8 Å². The maximum Gasteiger partial charge on any atom is 0.138 e. The SMILES string of the molecule is CCCC=CCOc1ccccc1Cl. The first-order valence-electron chi connectivity index (χ1n) is 4.87. The highest BCUT2D eigenvalue weighted by molar-refractivity contribution is 6.32. The zero-order valence-corrected chi connectivity index (χ0v) is 9.13. The first-order chi connectivity index (χ1) is 6.84. The molecule has 0 bridgehead atoms. The van der Waals surface area contributed by atoms with Gasteiger partial charge in [-0.05, 0) is 18.6 Å². The minimum Gasteiger partial charge on any atom is -0.488 e. The van der Waals surface area contributed by atoms with Crippen LogP contribution in [0.5, 0.6) is 5.75 Å². The van der Waals surface area contributed by atoms with Crippen LogP contribution in [0.4, 0.5) is 0 Å². The molecule has 0 aromatic heterocycles. The van der Waals surface area contributed by atoms with Crippen LogP contribution in [-0.4, -0.2) is 6.61 Å². The van der Waals surface area contributed by atoms with Crippen molar-refractivity contribution >= 4 is 11.6 Å². The van der Waals surface area contributed by atoms with E-state index < -0.39 is 0 Å². The molecule has 0 saturated carbocycles. The molecule has 76 valence electrons. The minimum atomic E-state index is 0.587. The van der Waals surface area contributed by atoms with Crippen LogP contribution in [0.2, 0.25) is 5.02 Å². The monoisotopic (exact) mass is 210 g/mol. The van der Waals surface area contributed by atoms with Crippen LogP contribution < -0.4 is 4.74 Å². The lowest BCUT2D eigenvalue weighted by Crippen LogP contribution is -1.93.